The first kappa shape index (κ1) is 10.8. The fraction of sp³-hybridized carbons (Fsp3) is 0.0714. The van der Waals surface area contributed by atoms with Crippen molar-refractivity contribution < 1.29 is 4.39 Å². The quantitative estimate of drug-likeness (QED) is 0.666. The summed E-state index contributed by atoms with van der Waals surface area (Å²) >= 11 is 0. The zero-order valence-electron chi connectivity index (χ0n) is 9.89. The highest BCUT2D eigenvalue weighted by atomic mass is 19.1. The van der Waals surface area contributed by atoms with Crippen LogP contribution in [0.25, 0.3) is 22.2 Å². The van der Waals surface area contributed by atoms with Crippen molar-refractivity contribution in [2.45, 2.75) is 0 Å². The van der Waals surface area contributed by atoms with Gasteiger partial charge in [0.25, 0.3) is 0 Å². The van der Waals surface area contributed by atoms with Crippen LogP contribution >= 0.6 is 0 Å². The lowest BCUT2D eigenvalue weighted by molar-refractivity contribution is 0.629. The van der Waals surface area contributed by atoms with Gasteiger partial charge in [-0.2, -0.15) is 5.10 Å². The maximum absolute atomic E-state index is 13.3. The first-order valence-corrected chi connectivity index (χ1v) is 5.63. The summed E-state index contributed by atoms with van der Waals surface area (Å²) in [5.74, 6) is -0.257. The molecule has 4 heteroatoms. The Labute approximate surface area is 104 Å². The fourth-order valence-corrected chi connectivity index (χ4v) is 2.09. The van der Waals surface area contributed by atoms with Crippen LogP contribution in [0.4, 0.5) is 10.1 Å². The number of nitrogens with zero attached hydrogens (tertiary/aromatic N) is 2. The zero-order chi connectivity index (χ0) is 12.7. The van der Waals surface area contributed by atoms with Crippen molar-refractivity contribution in [3.8, 4) is 11.3 Å². The number of nitrogens with two attached hydrogens (primary N) is 1. The van der Waals surface area contributed by atoms with E-state index in [0.717, 1.165) is 22.2 Å². The molecule has 0 aliphatic rings. The lowest BCUT2D eigenvalue weighted by Gasteiger charge is -1.98. The number of halogens is 1. The van der Waals surface area contributed by atoms with Gasteiger partial charge in [-0.1, -0.05) is 12.1 Å². The largest absolute Gasteiger partial charge is 0.399 e. The third kappa shape index (κ3) is 1.62. The van der Waals surface area contributed by atoms with E-state index in [0.29, 0.717) is 5.69 Å². The van der Waals surface area contributed by atoms with Gasteiger partial charge >= 0.3 is 0 Å². The second-order valence-corrected chi connectivity index (χ2v) is 4.26. The molecule has 0 spiro atoms. The molecule has 0 fully saturated rings. The van der Waals surface area contributed by atoms with Crippen molar-refractivity contribution in [3.05, 3.63) is 48.3 Å². The summed E-state index contributed by atoms with van der Waals surface area (Å²) in [6, 6.07) is 12.1. The molecule has 2 N–H and O–H groups in total. The van der Waals surface area contributed by atoms with Crippen LogP contribution in [-0.4, -0.2) is 9.78 Å². The Hall–Kier alpha value is -2.36. The van der Waals surface area contributed by atoms with E-state index in [4.69, 9.17) is 5.73 Å². The van der Waals surface area contributed by atoms with Crippen molar-refractivity contribution >= 4 is 16.6 Å². The first-order chi connectivity index (χ1) is 8.65. The SMILES string of the molecule is Cn1nc(-c2ccc(N)cc2)c2cc(F)ccc21. The van der Waals surface area contributed by atoms with Crippen LogP contribution in [0.3, 0.4) is 0 Å². The molecule has 0 unspecified atom stereocenters. The standard InChI is InChI=1S/C14H12FN3/c1-18-13-7-4-10(15)8-12(13)14(17-18)9-2-5-11(16)6-3-9/h2-8H,16H2,1H3. The van der Waals surface area contributed by atoms with E-state index in [2.05, 4.69) is 5.10 Å². The van der Waals surface area contributed by atoms with E-state index in [1.807, 2.05) is 31.3 Å². The second kappa shape index (κ2) is 3.84. The summed E-state index contributed by atoms with van der Waals surface area (Å²) in [7, 11) is 1.85. The Kier molecular flexibility index (Phi) is 2.30. The number of aryl methyl sites for hydroxylation is 1. The van der Waals surface area contributed by atoms with Gasteiger partial charge in [-0.05, 0) is 30.3 Å². The predicted octanol–water partition coefficient (Wildman–Crippen LogP) is 2.96. The third-order valence-electron chi connectivity index (χ3n) is 3.00. The highest BCUT2D eigenvalue weighted by Gasteiger charge is 2.11. The smallest absolute Gasteiger partial charge is 0.124 e. The maximum atomic E-state index is 13.3. The van der Waals surface area contributed by atoms with Gasteiger partial charge in [0, 0.05) is 23.7 Å². The number of hydrogen-bond donors (Lipinski definition) is 1. The minimum Gasteiger partial charge on any atom is -0.399 e. The summed E-state index contributed by atoms with van der Waals surface area (Å²) in [4.78, 5) is 0. The molecule has 0 aliphatic carbocycles. The molecule has 0 amide bonds. The molecule has 0 saturated carbocycles. The molecule has 0 saturated heterocycles. The monoisotopic (exact) mass is 241 g/mol. The number of nitrogen functional groups attached to an aromatic ring is 1. The molecule has 2 aromatic carbocycles. The van der Waals surface area contributed by atoms with Gasteiger partial charge in [0.05, 0.1) is 5.52 Å². The third-order valence-corrected chi connectivity index (χ3v) is 3.00. The molecular formula is C14H12FN3. The van der Waals surface area contributed by atoms with E-state index in [1.54, 1.807) is 10.7 Å². The Balaban J connectivity index is 2.28. The Bertz CT molecular complexity index is 714. The highest BCUT2D eigenvalue weighted by Crippen LogP contribution is 2.28. The number of benzene rings is 2. The molecular weight excluding hydrogens is 229 g/mol. The topological polar surface area (TPSA) is 43.8 Å². The molecule has 0 bridgehead atoms. The predicted molar refractivity (Wildman–Crippen MR) is 70.5 cm³/mol. The zero-order valence-corrected chi connectivity index (χ0v) is 9.89. The number of aromatic nitrogens is 2. The molecule has 0 radical (unpaired) electrons. The first-order valence-electron chi connectivity index (χ1n) is 5.63. The second-order valence-electron chi connectivity index (χ2n) is 4.26. The molecule has 3 aromatic rings. The van der Waals surface area contributed by atoms with E-state index >= 15 is 0 Å². The number of anilines is 1. The molecule has 0 aliphatic heterocycles. The van der Waals surface area contributed by atoms with Crippen LogP contribution in [-0.2, 0) is 7.05 Å². The molecule has 3 rings (SSSR count). The van der Waals surface area contributed by atoms with Crippen LogP contribution in [0.5, 0.6) is 0 Å². The van der Waals surface area contributed by atoms with Crippen LogP contribution < -0.4 is 5.73 Å². The van der Waals surface area contributed by atoms with Gasteiger partial charge in [-0.3, -0.25) is 4.68 Å². The lowest BCUT2D eigenvalue weighted by atomic mass is 10.1. The minimum atomic E-state index is -0.257. The fourth-order valence-electron chi connectivity index (χ4n) is 2.09. The van der Waals surface area contributed by atoms with E-state index in [9.17, 15) is 4.39 Å². The molecule has 0 atom stereocenters. The van der Waals surface area contributed by atoms with Gasteiger partial charge < -0.3 is 5.73 Å². The molecule has 18 heavy (non-hydrogen) atoms. The van der Waals surface area contributed by atoms with Crippen LogP contribution in [0, 0.1) is 5.82 Å². The van der Waals surface area contributed by atoms with Crippen molar-refractivity contribution in [3.63, 3.8) is 0 Å². The van der Waals surface area contributed by atoms with E-state index in [-0.39, 0.29) is 5.82 Å². The van der Waals surface area contributed by atoms with Crippen LogP contribution in [0.15, 0.2) is 42.5 Å². The Morgan fingerprint density at radius 1 is 1.11 bits per heavy atom. The average molecular weight is 241 g/mol. The van der Waals surface area contributed by atoms with Crippen molar-refractivity contribution in [2.24, 2.45) is 7.05 Å². The Morgan fingerprint density at radius 3 is 2.56 bits per heavy atom. The number of hydrogen-bond acceptors (Lipinski definition) is 2. The van der Waals surface area contributed by atoms with Crippen LogP contribution in [0.2, 0.25) is 0 Å². The summed E-state index contributed by atoms with van der Waals surface area (Å²) in [5.41, 5.74) is 8.97. The summed E-state index contributed by atoms with van der Waals surface area (Å²) in [6.45, 7) is 0. The molecule has 3 nitrogen and oxygen atoms in total. The van der Waals surface area contributed by atoms with Crippen molar-refractivity contribution in [2.75, 3.05) is 5.73 Å². The van der Waals surface area contributed by atoms with Crippen molar-refractivity contribution in [1.82, 2.24) is 9.78 Å². The van der Waals surface area contributed by atoms with Gasteiger partial charge in [-0.25, -0.2) is 4.39 Å². The normalized spacial score (nSPS) is 11.0. The van der Waals surface area contributed by atoms with E-state index in [1.165, 1.54) is 12.1 Å². The summed E-state index contributed by atoms with van der Waals surface area (Å²) in [6.07, 6.45) is 0. The molecule has 1 aromatic heterocycles. The minimum absolute atomic E-state index is 0.257. The van der Waals surface area contributed by atoms with Gasteiger partial charge in [-0.15, -0.1) is 0 Å². The molecule has 90 valence electrons. The lowest BCUT2D eigenvalue weighted by Crippen LogP contribution is -1.89. The van der Waals surface area contributed by atoms with E-state index < -0.39 is 0 Å². The highest BCUT2D eigenvalue weighted by molar-refractivity contribution is 5.93. The maximum Gasteiger partial charge on any atom is 0.124 e. The number of rotatable bonds is 1. The summed E-state index contributed by atoms with van der Waals surface area (Å²) in [5, 5.41) is 5.25. The molecule has 1 heterocycles. The Morgan fingerprint density at radius 2 is 1.83 bits per heavy atom. The van der Waals surface area contributed by atoms with Crippen molar-refractivity contribution in [1.29, 1.82) is 0 Å². The van der Waals surface area contributed by atoms with Gasteiger partial charge in [0.15, 0.2) is 0 Å². The van der Waals surface area contributed by atoms with Gasteiger partial charge in [0.2, 0.25) is 0 Å². The van der Waals surface area contributed by atoms with Gasteiger partial charge in [0.1, 0.15) is 11.5 Å². The average Bonchev–Trinajstić information content (AvgIpc) is 2.67. The number of fused-ring (bicyclic) bond motifs is 1. The summed E-state index contributed by atoms with van der Waals surface area (Å²) < 4.78 is 15.1. The van der Waals surface area contributed by atoms with Crippen LogP contribution in [0.1, 0.15) is 0 Å².